The summed E-state index contributed by atoms with van der Waals surface area (Å²) in [5, 5.41) is 14.8. The molecule has 0 aliphatic carbocycles. The Balaban J connectivity index is 1.26. The number of benzene rings is 2. The third kappa shape index (κ3) is 5.78. The van der Waals surface area contributed by atoms with Crippen molar-refractivity contribution in [3.8, 4) is 11.8 Å². The highest BCUT2D eigenvalue weighted by Gasteiger charge is 2.47. The summed E-state index contributed by atoms with van der Waals surface area (Å²) in [5.74, 6) is 0.207. The molecule has 0 saturated carbocycles. The summed E-state index contributed by atoms with van der Waals surface area (Å²) in [5.41, 5.74) is 0.0848. The smallest absolute Gasteiger partial charge is 0.410 e. The molecule has 3 aliphatic rings. The summed E-state index contributed by atoms with van der Waals surface area (Å²) in [7, 11) is 2.08. The van der Waals surface area contributed by atoms with Gasteiger partial charge in [0.25, 0.3) is 5.91 Å². The SMILES string of the molecule is CN1CCCC1COc1nc(C(=O)Nc2cc(O)cc3ccccc23)cc(N2C[C@@H]3C[C@H]2CN3C(=O)OC(C)(C)C)n1. The summed E-state index contributed by atoms with van der Waals surface area (Å²) in [4.78, 5) is 41.8. The van der Waals surface area contributed by atoms with Gasteiger partial charge >= 0.3 is 12.1 Å². The predicted molar refractivity (Wildman–Crippen MR) is 159 cm³/mol. The third-order valence-corrected chi connectivity index (χ3v) is 8.26. The van der Waals surface area contributed by atoms with Crippen molar-refractivity contribution < 1.29 is 24.2 Å². The van der Waals surface area contributed by atoms with E-state index >= 15 is 0 Å². The Kier molecular flexibility index (Phi) is 7.30. The Morgan fingerprint density at radius 2 is 1.90 bits per heavy atom. The van der Waals surface area contributed by atoms with Crippen molar-refractivity contribution in [2.24, 2.45) is 0 Å². The Morgan fingerprint density at radius 1 is 1.10 bits per heavy atom. The van der Waals surface area contributed by atoms with Crippen LogP contribution < -0.4 is 15.0 Å². The van der Waals surface area contributed by atoms with Crippen molar-refractivity contribution in [3.63, 3.8) is 0 Å². The van der Waals surface area contributed by atoms with E-state index in [9.17, 15) is 14.7 Å². The fraction of sp³-hybridized carbons (Fsp3) is 0.484. The number of nitrogens with zero attached hydrogens (tertiary/aromatic N) is 5. The number of rotatable bonds is 6. The Labute approximate surface area is 245 Å². The highest BCUT2D eigenvalue weighted by atomic mass is 16.6. The summed E-state index contributed by atoms with van der Waals surface area (Å²) in [6.07, 6.45) is 2.63. The second-order valence-corrected chi connectivity index (χ2v) is 12.5. The number of amides is 2. The minimum atomic E-state index is -0.561. The van der Waals surface area contributed by atoms with Crippen LogP contribution in [-0.2, 0) is 4.74 Å². The van der Waals surface area contributed by atoms with Gasteiger partial charge in [-0.2, -0.15) is 9.97 Å². The number of hydrogen-bond acceptors (Lipinski definition) is 9. The van der Waals surface area contributed by atoms with Crippen molar-refractivity contribution in [2.45, 2.75) is 63.8 Å². The molecular formula is C31H38N6O5. The zero-order valence-electron chi connectivity index (χ0n) is 24.5. The molecule has 222 valence electrons. The molecule has 2 amide bonds. The summed E-state index contributed by atoms with van der Waals surface area (Å²) in [6, 6.07) is 12.8. The first-order valence-electron chi connectivity index (χ1n) is 14.6. The molecular weight excluding hydrogens is 536 g/mol. The van der Waals surface area contributed by atoms with Crippen LogP contribution in [0.5, 0.6) is 11.8 Å². The van der Waals surface area contributed by atoms with Crippen LogP contribution in [0.2, 0.25) is 0 Å². The molecule has 4 heterocycles. The quantitative estimate of drug-likeness (QED) is 0.445. The van der Waals surface area contributed by atoms with Crippen molar-refractivity contribution in [1.29, 1.82) is 0 Å². The van der Waals surface area contributed by atoms with E-state index in [4.69, 9.17) is 14.5 Å². The maximum Gasteiger partial charge on any atom is 0.410 e. The number of hydrogen-bond donors (Lipinski definition) is 2. The maximum absolute atomic E-state index is 13.6. The van der Waals surface area contributed by atoms with E-state index in [-0.39, 0.29) is 41.7 Å². The number of piperazine rings is 1. The highest BCUT2D eigenvalue weighted by molar-refractivity contribution is 6.09. The number of carbonyl (C=O) groups is 2. The van der Waals surface area contributed by atoms with E-state index in [1.165, 1.54) is 6.07 Å². The van der Waals surface area contributed by atoms with E-state index in [0.29, 0.717) is 31.2 Å². The lowest BCUT2D eigenvalue weighted by Gasteiger charge is -2.35. The van der Waals surface area contributed by atoms with Gasteiger partial charge in [-0.1, -0.05) is 24.3 Å². The van der Waals surface area contributed by atoms with Crippen molar-refractivity contribution in [1.82, 2.24) is 19.8 Å². The molecule has 3 aliphatic heterocycles. The molecule has 2 bridgehead atoms. The number of aromatic hydroxyl groups is 1. The van der Waals surface area contributed by atoms with Gasteiger partial charge in [0, 0.05) is 36.7 Å². The fourth-order valence-electron chi connectivity index (χ4n) is 6.18. The van der Waals surface area contributed by atoms with E-state index in [2.05, 4.69) is 27.1 Å². The number of carbonyl (C=O) groups excluding carboxylic acids is 2. The Hall–Kier alpha value is -4.12. The molecule has 0 spiro atoms. The standard InChI is InChI=1S/C31H38N6O5/c1-31(2,3)42-30(40)37-17-21-13-22(37)16-36(21)27-15-26(33-29(34-27)41-18-20-9-7-11-35(20)4)28(39)32-25-14-23(38)12-19-8-5-6-10-24(19)25/h5-6,8,10,12,14-15,20-22,38H,7,9,11,13,16-18H2,1-4H3,(H,32,39)/t20?,21-,22-/m0/s1. The Bertz CT molecular complexity index is 1510. The average molecular weight is 575 g/mol. The lowest BCUT2D eigenvalue weighted by molar-refractivity contribution is 0.0214. The number of phenolic OH excluding ortho intramolecular Hbond substituents is 1. The second kappa shape index (κ2) is 10.9. The lowest BCUT2D eigenvalue weighted by Crippen LogP contribution is -2.50. The molecule has 6 rings (SSSR count). The first-order valence-corrected chi connectivity index (χ1v) is 14.6. The molecule has 2 aromatic carbocycles. The molecule has 2 N–H and O–H groups in total. The van der Waals surface area contributed by atoms with Gasteiger partial charge in [-0.3, -0.25) is 4.79 Å². The van der Waals surface area contributed by atoms with Crippen LogP contribution in [-0.4, -0.2) is 93.9 Å². The van der Waals surface area contributed by atoms with Crippen molar-refractivity contribution in [3.05, 3.63) is 48.2 Å². The topological polar surface area (TPSA) is 120 Å². The average Bonchev–Trinajstić information content (AvgIpc) is 3.67. The van der Waals surface area contributed by atoms with Gasteiger partial charge in [0.05, 0.1) is 17.8 Å². The minimum Gasteiger partial charge on any atom is -0.508 e. The summed E-state index contributed by atoms with van der Waals surface area (Å²) < 4.78 is 11.7. The third-order valence-electron chi connectivity index (χ3n) is 8.26. The molecule has 1 unspecified atom stereocenters. The van der Waals surface area contributed by atoms with Gasteiger partial charge in [-0.15, -0.1) is 0 Å². The van der Waals surface area contributed by atoms with E-state index in [1.54, 1.807) is 17.0 Å². The second-order valence-electron chi connectivity index (χ2n) is 12.5. The molecule has 3 aromatic rings. The zero-order valence-corrected chi connectivity index (χ0v) is 24.5. The molecule has 11 nitrogen and oxygen atoms in total. The molecule has 42 heavy (non-hydrogen) atoms. The fourth-order valence-corrected chi connectivity index (χ4v) is 6.18. The van der Waals surface area contributed by atoms with E-state index < -0.39 is 11.5 Å². The highest BCUT2D eigenvalue weighted by Crippen LogP contribution is 2.36. The van der Waals surface area contributed by atoms with Crippen LogP contribution in [0.1, 0.15) is 50.5 Å². The predicted octanol–water partition coefficient (Wildman–Crippen LogP) is 4.26. The van der Waals surface area contributed by atoms with Crippen molar-refractivity contribution >= 4 is 34.3 Å². The Morgan fingerprint density at radius 3 is 2.62 bits per heavy atom. The molecule has 3 atom stereocenters. The summed E-state index contributed by atoms with van der Waals surface area (Å²) >= 11 is 0. The largest absolute Gasteiger partial charge is 0.508 e. The van der Waals surface area contributed by atoms with Gasteiger partial charge < -0.3 is 34.6 Å². The number of aromatic nitrogens is 2. The van der Waals surface area contributed by atoms with Crippen LogP contribution in [0.25, 0.3) is 10.8 Å². The van der Waals surface area contributed by atoms with E-state index in [1.807, 2.05) is 45.0 Å². The van der Waals surface area contributed by atoms with Gasteiger partial charge in [-0.25, -0.2) is 4.79 Å². The number of likely N-dealkylation sites (tertiary alicyclic amines) is 2. The van der Waals surface area contributed by atoms with E-state index in [0.717, 1.165) is 36.6 Å². The van der Waals surface area contributed by atoms with Crippen LogP contribution in [0.15, 0.2) is 42.5 Å². The molecule has 3 saturated heterocycles. The van der Waals surface area contributed by atoms with Crippen molar-refractivity contribution in [2.75, 3.05) is 43.5 Å². The number of phenols is 1. The number of fused-ring (bicyclic) bond motifs is 3. The van der Waals surface area contributed by atoms with Gasteiger partial charge in [0.1, 0.15) is 29.5 Å². The van der Waals surface area contributed by atoms with Crippen LogP contribution in [0, 0.1) is 0 Å². The molecule has 3 fully saturated rings. The van der Waals surface area contributed by atoms with Gasteiger partial charge in [0.2, 0.25) is 0 Å². The van der Waals surface area contributed by atoms with Gasteiger partial charge in [-0.05, 0) is 65.1 Å². The minimum absolute atomic E-state index is 0.00717. The first-order chi connectivity index (χ1) is 20.0. The molecule has 11 heteroatoms. The number of nitrogens with one attached hydrogen (secondary N) is 1. The molecule has 1 aromatic heterocycles. The number of ether oxygens (including phenoxy) is 2. The van der Waals surface area contributed by atoms with Crippen LogP contribution in [0.3, 0.4) is 0 Å². The molecule has 0 radical (unpaired) electrons. The monoisotopic (exact) mass is 574 g/mol. The zero-order chi connectivity index (χ0) is 29.6. The van der Waals surface area contributed by atoms with Gasteiger partial charge in [0.15, 0.2) is 0 Å². The first kappa shape index (κ1) is 28.0. The maximum atomic E-state index is 13.6. The normalized spacial score (nSPS) is 22.1. The number of anilines is 2. The lowest BCUT2D eigenvalue weighted by atomic mass is 10.1. The number of likely N-dealkylation sites (N-methyl/N-ethyl adjacent to an activating group) is 1. The van der Waals surface area contributed by atoms with Crippen LogP contribution >= 0.6 is 0 Å². The summed E-state index contributed by atoms with van der Waals surface area (Å²) in [6.45, 7) is 8.13. The van der Waals surface area contributed by atoms with Crippen LogP contribution in [0.4, 0.5) is 16.3 Å².